The summed E-state index contributed by atoms with van der Waals surface area (Å²) in [6, 6.07) is 11.0. The van der Waals surface area contributed by atoms with Crippen LogP contribution in [0.25, 0.3) is 28.2 Å². The van der Waals surface area contributed by atoms with Crippen LogP contribution in [-0.2, 0) is 17.8 Å². The van der Waals surface area contributed by atoms with Crippen molar-refractivity contribution in [3.63, 3.8) is 0 Å². The van der Waals surface area contributed by atoms with Gasteiger partial charge in [0.05, 0.1) is 51.2 Å². The quantitative estimate of drug-likeness (QED) is 0.265. The Morgan fingerprint density at radius 1 is 1.03 bits per heavy atom. The summed E-state index contributed by atoms with van der Waals surface area (Å²) in [7, 11) is 7.17. The number of nitrogens with one attached hydrogen (secondary N) is 1. The number of H-pyrrole nitrogens is 1. The Hall–Kier alpha value is -4.14. The monoisotopic (exact) mass is 551 g/mol. The maximum absolute atomic E-state index is 13.2. The zero-order valence-corrected chi connectivity index (χ0v) is 23.3. The molecule has 11 heteroatoms. The van der Waals surface area contributed by atoms with Crippen LogP contribution < -0.4 is 25.1 Å². The van der Waals surface area contributed by atoms with Crippen LogP contribution in [0.2, 0.25) is 0 Å². The van der Waals surface area contributed by atoms with E-state index in [1.54, 1.807) is 19.2 Å². The van der Waals surface area contributed by atoms with Crippen LogP contribution in [0.15, 0.2) is 52.2 Å². The summed E-state index contributed by atoms with van der Waals surface area (Å²) >= 11 is 0. The molecule has 0 amide bonds. The minimum atomic E-state index is -0.620. The fourth-order valence-corrected chi connectivity index (χ4v) is 4.54. The Bertz CT molecular complexity index is 1540. The second kappa shape index (κ2) is 12.1. The lowest BCUT2D eigenvalue weighted by Gasteiger charge is -2.19. The molecule has 10 nitrogen and oxygen atoms in total. The molecule has 2 aromatic heterocycles. The average Bonchev–Trinajstić information content (AvgIpc) is 3.39. The minimum absolute atomic E-state index is 0.0255. The highest BCUT2D eigenvalue weighted by Crippen LogP contribution is 2.46. The Balaban J connectivity index is 1.83. The highest BCUT2D eigenvalue weighted by Gasteiger charge is 2.28. The Kier molecular flexibility index (Phi) is 8.69. The largest absolute Gasteiger partial charge is 0.506 e. The van der Waals surface area contributed by atoms with Crippen molar-refractivity contribution in [3.05, 3.63) is 70.5 Å². The summed E-state index contributed by atoms with van der Waals surface area (Å²) in [5.74, 6) is 1.18. The second-order valence-corrected chi connectivity index (χ2v) is 9.12. The summed E-state index contributed by atoms with van der Waals surface area (Å²) in [6.07, 6.45) is 0.207. The molecule has 0 aliphatic carbocycles. The van der Waals surface area contributed by atoms with Crippen molar-refractivity contribution < 1.29 is 28.5 Å². The van der Waals surface area contributed by atoms with Gasteiger partial charge in [0.15, 0.2) is 0 Å². The molecule has 0 aliphatic heterocycles. The number of hydrogen-bond donors (Lipinski definition) is 2. The fraction of sp³-hybridized carbons (Fsp3) is 0.250. The lowest BCUT2D eigenvalue weighted by atomic mass is 9.98. The van der Waals surface area contributed by atoms with Gasteiger partial charge < -0.3 is 33.5 Å². The first-order valence-corrected chi connectivity index (χ1v) is 12.6. The Labute approximate surface area is 227 Å². The second-order valence-electron chi connectivity index (χ2n) is 8.45. The summed E-state index contributed by atoms with van der Waals surface area (Å²) in [5, 5.41) is 20.5. The van der Waals surface area contributed by atoms with Crippen LogP contribution in [-0.4, -0.2) is 48.2 Å². The van der Waals surface area contributed by atoms with Gasteiger partial charge in [0.1, 0.15) is 28.6 Å². The molecule has 1 unspecified atom stereocenters. The average molecular weight is 552 g/mol. The van der Waals surface area contributed by atoms with E-state index < -0.39 is 5.56 Å². The molecule has 39 heavy (non-hydrogen) atoms. The smallest absolute Gasteiger partial charge is 0.264 e. The highest BCUT2D eigenvalue weighted by atomic mass is 31.0. The number of hydrogen-bond acceptors (Lipinski definition) is 9. The minimum Gasteiger partial charge on any atom is -0.506 e. The molecule has 4 aromatic rings. The Morgan fingerprint density at radius 2 is 1.69 bits per heavy atom. The molecule has 2 heterocycles. The van der Waals surface area contributed by atoms with Gasteiger partial charge in [-0.25, -0.2) is 0 Å². The van der Waals surface area contributed by atoms with Crippen LogP contribution in [0.5, 0.6) is 23.0 Å². The van der Waals surface area contributed by atoms with Gasteiger partial charge in [-0.3, -0.25) is 4.79 Å². The molecule has 0 saturated heterocycles. The number of aromatic nitrogens is 3. The van der Waals surface area contributed by atoms with Crippen LogP contribution >= 0.6 is 9.24 Å². The molecule has 0 spiro atoms. The number of aromatic hydroxyl groups is 1. The number of nitrogens with zero attached hydrogens (tertiary/aromatic N) is 2. The van der Waals surface area contributed by atoms with E-state index in [0.29, 0.717) is 40.7 Å². The molecule has 4 rings (SSSR count). The molecule has 0 radical (unpaired) electrons. The van der Waals surface area contributed by atoms with Crippen molar-refractivity contribution in [2.45, 2.75) is 20.0 Å². The van der Waals surface area contributed by atoms with E-state index in [1.165, 1.54) is 14.2 Å². The third-order valence-electron chi connectivity index (χ3n) is 6.03. The van der Waals surface area contributed by atoms with Crippen molar-refractivity contribution in [3.8, 4) is 45.6 Å². The predicted molar refractivity (Wildman–Crippen MR) is 151 cm³/mol. The van der Waals surface area contributed by atoms with Gasteiger partial charge in [-0.1, -0.05) is 24.8 Å². The molecule has 204 valence electrons. The van der Waals surface area contributed by atoms with Gasteiger partial charge in [-0.2, -0.15) is 0 Å². The van der Waals surface area contributed by atoms with Gasteiger partial charge in [0.2, 0.25) is 5.89 Å². The van der Waals surface area contributed by atoms with Crippen LogP contribution in [0.1, 0.15) is 24.1 Å². The standard InChI is InChI=1S/C28H30N3O7P/c1-6-37-14-18-23(24-20(35-4)12-16(39)13-21(24)36-5)26(32)25(27(33)29-18)28-31-30-22(38-28)11-15(2)17-9-7-8-10-19(17)34-3/h7-10,12-13H,2,6,11,14,39H2,1,3-5H3,(H2,29,32,33). The molecule has 0 bridgehead atoms. The number of allylic oxidation sites excluding steroid dienone is 1. The van der Waals surface area contributed by atoms with E-state index in [2.05, 4.69) is 31.0 Å². The molecule has 2 N–H and O–H groups in total. The zero-order valence-electron chi connectivity index (χ0n) is 22.2. The van der Waals surface area contributed by atoms with Gasteiger partial charge in [0.25, 0.3) is 11.4 Å². The molecule has 0 aliphatic rings. The Morgan fingerprint density at radius 3 is 2.33 bits per heavy atom. The first-order valence-electron chi connectivity index (χ1n) is 12.0. The molecular weight excluding hydrogens is 521 g/mol. The van der Waals surface area contributed by atoms with Crippen LogP contribution in [0.4, 0.5) is 0 Å². The van der Waals surface area contributed by atoms with E-state index >= 15 is 0 Å². The number of methoxy groups -OCH3 is 3. The van der Waals surface area contributed by atoms with Gasteiger partial charge >= 0.3 is 0 Å². The third kappa shape index (κ3) is 5.67. The first kappa shape index (κ1) is 27.9. The number of rotatable bonds is 11. The van der Waals surface area contributed by atoms with Gasteiger partial charge in [-0.05, 0) is 36.0 Å². The lowest BCUT2D eigenvalue weighted by molar-refractivity contribution is 0.131. The van der Waals surface area contributed by atoms with E-state index in [9.17, 15) is 9.90 Å². The van der Waals surface area contributed by atoms with Crippen molar-refractivity contribution in [2.75, 3.05) is 27.9 Å². The van der Waals surface area contributed by atoms with Crippen molar-refractivity contribution >= 4 is 20.1 Å². The number of pyridine rings is 1. The fourth-order valence-electron chi connectivity index (χ4n) is 4.24. The van der Waals surface area contributed by atoms with E-state index in [1.807, 2.05) is 31.2 Å². The van der Waals surface area contributed by atoms with E-state index in [4.69, 9.17) is 23.4 Å². The highest BCUT2D eigenvalue weighted by molar-refractivity contribution is 7.27. The first-order chi connectivity index (χ1) is 18.8. The van der Waals surface area contributed by atoms with Crippen molar-refractivity contribution in [2.24, 2.45) is 0 Å². The summed E-state index contributed by atoms with van der Waals surface area (Å²) in [4.78, 5) is 16.0. The number of benzene rings is 2. The van der Waals surface area contributed by atoms with Crippen LogP contribution in [0, 0.1) is 0 Å². The molecular formula is C28H30N3O7P. The lowest BCUT2D eigenvalue weighted by Crippen LogP contribution is -2.15. The summed E-state index contributed by atoms with van der Waals surface area (Å²) in [5.41, 5.74) is 1.69. The maximum atomic E-state index is 13.2. The number of ether oxygens (including phenoxy) is 4. The van der Waals surface area contributed by atoms with Gasteiger partial charge in [-0.15, -0.1) is 19.4 Å². The number of para-hydroxylation sites is 1. The van der Waals surface area contributed by atoms with Crippen molar-refractivity contribution in [1.29, 1.82) is 0 Å². The zero-order chi connectivity index (χ0) is 28.1. The maximum Gasteiger partial charge on any atom is 0.264 e. The van der Waals surface area contributed by atoms with E-state index in [-0.39, 0.29) is 41.7 Å². The number of aromatic amines is 1. The van der Waals surface area contributed by atoms with E-state index in [0.717, 1.165) is 10.9 Å². The predicted octanol–water partition coefficient (Wildman–Crippen LogP) is 4.12. The molecule has 0 saturated carbocycles. The SMILES string of the molecule is C=C(Cc1nnc(-c2c(O)c(-c3c(OC)cc(P)cc3OC)c(COCC)[nH]c2=O)o1)c1ccccc1OC. The normalized spacial score (nSPS) is 10.9. The van der Waals surface area contributed by atoms with Crippen LogP contribution in [0.3, 0.4) is 0 Å². The summed E-state index contributed by atoms with van der Waals surface area (Å²) in [6.45, 7) is 6.37. The topological polar surface area (TPSA) is 129 Å². The van der Waals surface area contributed by atoms with Crippen molar-refractivity contribution in [1.82, 2.24) is 15.2 Å². The summed E-state index contributed by atoms with van der Waals surface area (Å²) < 4.78 is 28.1. The van der Waals surface area contributed by atoms with Gasteiger partial charge in [0, 0.05) is 12.2 Å². The molecule has 0 fully saturated rings. The molecule has 2 aromatic carbocycles. The molecule has 1 atom stereocenters. The third-order valence-corrected chi connectivity index (χ3v) is 6.36.